The van der Waals surface area contributed by atoms with E-state index in [1.165, 1.54) is 16.6 Å². The zero-order valence-electron chi connectivity index (χ0n) is 10.9. The molecule has 21 heavy (non-hydrogen) atoms. The number of aryl methyl sites for hydroxylation is 1. The SMILES string of the molecule is Cc1cc2c(Sc3nc4ccccc4[nH]3)nc(Cl)nc2s1. The first-order valence-electron chi connectivity index (χ1n) is 6.25. The third-order valence-corrected chi connectivity index (χ3v) is 5.02. The topological polar surface area (TPSA) is 54.5 Å². The normalized spacial score (nSPS) is 11.5. The van der Waals surface area contributed by atoms with Gasteiger partial charge in [-0.3, -0.25) is 0 Å². The number of halogens is 1. The summed E-state index contributed by atoms with van der Waals surface area (Å²) in [5.41, 5.74) is 1.95. The summed E-state index contributed by atoms with van der Waals surface area (Å²) in [5, 5.41) is 2.92. The molecule has 104 valence electrons. The molecule has 0 aliphatic rings. The van der Waals surface area contributed by atoms with Crippen LogP contribution in [0.3, 0.4) is 0 Å². The molecule has 0 fully saturated rings. The molecule has 1 N–H and O–H groups in total. The number of aromatic nitrogens is 4. The zero-order valence-corrected chi connectivity index (χ0v) is 13.3. The number of imidazole rings is 1. The first-order chi connectivity index (χ1) is 10.2. The van der Waals surface area contributed by atoms with Crippen molar-refractivity contribution in [1.29, 1.82) is 0 Å². The first kappa shape index (κ1) is 13.1. The van der Waals surface area contributed by atoms with Gasteiger partial charge in [0.15, 0.2) is 5.16 Å². The molecule has 0 atom stereocenters. The van der Waals surface area contributed by atoms with Gasteiger partial charge in [-0.1, -0.05) is 12.1 Å². The van der Waals surface area contributed by atoms with Gasteiger partial charge in [0.1, 0.15) is 9.86 Å². The number of aromatic amines is 1. The zero-order chi connectivity index (χ0) is 14.4. The average molecular weight is 333 g/mol. The van der Waals surface area contributed by atoms with Crippen molar-refractivity contribution in [2.45, 2.75) is 17.1 Å². The second-order valence-electron chi connectivity index (χ2n) is 4.53. The minimum absolute atomic E-state index is 0.267. The summed E-state index contributed by atoms with van der Waals surface area (Å²) in [6.45, 7) is 2.05. The number of rotatable bonds is 2. The van der Waals surface area contributed by atoms with E-state index in [9.17, 15) is 0 Å². The van der Waals surface area contributed by atoms with E-state index in [0.29, 0.717) is 0 Å². The molecule has 0 unspecified atom stereocenters. The van der Waals surface area contributed by atoms with Gasteiger partial charge in [-0.25, -0.2) is 15.0 Å². The molecule has 1 aromatic carbocycles. The predicted molar refractivity (Wildman–Crippen MR) is 87.4 cm³/mol. The molecule has 7 heteroatoms. The maximum Gasteiger partial charge on any atom is 0.224 e. The first-order valence-corrected chi connectivity index (χ1v) is 8.26. The molecule has 0 aliphatic heterocycles. The van der Waals surface area contributed by atoms with Gasteiger partial charge in [-0.2, -0.15) is 0 Å². The monoisotopic (exact) mass is 332 g/mol. The Hall–Kier alpha value is -1.63. The number of fused-ring (bicyclic) bond motifs is 2. The summed E-state index contributed by atoms with van der Waals surface area (Å²) in [5.74, 6) is 0. The molecule has 0 aliphatic carbocycles. The summed E-state index contributed by atoms with van der Waals surface area (Å²) in [4.78, 5) is 18.6. The average Bonchev–Trinajstić information content (AvgIpc) is 3.00. The largest absolute Gasteiger partial charge is 0.333 e. The Morgan fingerprint density at radius 3 is 2.90 bits per heavy atom. The fourth-order valence-corrected chi connectivity index (χ4v) is 4.24. The number of H-pyrrole nitrogens is 1. The number of benzene rings is 1. The van der Waals surface area contributed by atoms with E-state index in [2.05, 4.69) is 32.9 Å². The lowest BCUT2D eigenvalue weighted by Crippen LogP contribution is -1.87. The van der Waals surface area contributed by atoms with Crippen LogP contribution < -0.4 is 0 Å². The molecule has 0 radical (unpaired) electrons. The minimum atomic E-state index is 0.267. The fourth-order valence-electron chi connectivity index (χ4n) is 2.14. The lowest BCUT2D eigenvalue weighted by Gasteiger charge is -1.99. The number of hydrogen-bond acceptors (Lipinski definition) is 5. The van der Waals surface area contributed by atoms with E-state index < -0.39 is 0 Å². The third kappa shape index (κ3) is 2.39. The Morgan fingerprint density at radius 2 is 2.05 bits per heavy atom. The minimum Gasteiger partial charge on any atom is -0.333 e. The van der Waals surface area contributed by atoms with Crippen molar-refractivity contribution >= 4 is 55.9 Å². The highest BCUT2D eigenvalue weighted by molar-refractivity contribution is 7.99. The van der Waals surface area contributed by atoms with E-state index in [-0.39, 0.29) is 5.28 Å². The number of hydrogen-bond donors (Lipinski definition) is 1. The number of nitrogens with one attached hydrogen (secondary N) is 1. The molecule has 0 saturated heterocycles. The second-order valence-corrected chi connectivity index (χ2v) is 7.09. The van der Waals surface area contributed by atoms with Crippen LogP contribution in [0.15, 0.2) is 40.5 Å². The van der Waals surface area contributed by atoms with Crippen LogP contribution in [0.25, 0.3) is 21.3 Å². The van der Waals surface area contributed by atoms with Crippen LogP contribution >= 0.6 is 34.7 Å². The second kappa shape index (κ2) is 4.98. The highest BCUT2D eigenvalue weighted by atomic mass is 35.5. The third-order valence-electron chi connectivity index (χ3n) is 3.01. The van der Waals surface area contributed by atoms with Crippen molar-refractivity contribution in [3.05, 3.63) is 40.5 Å². The van der Waals surface area contributed by atoms with Crippen LogP contribution in [0.2, 0.25) is 5.28 Å². The number of nitrogens with zero attached hydrogens (tertiary/aromatic N) is 3. The summed E-state index contributed by atoms with van der Waals surface area (Å²) in [6.07, 6.45) is 0. The van der Waals surface area contributed by atoms with Crippen LogP contribution in [0.4, 0.5) is 0 Å². The van der Waals surface area contributed by atoms with Gasteiger partial charge >= 0.3 is 0 Å². The van der Waals surface area contributed by atoms with E-state index in [1.807, 2.05) is 24.3 Å². The quantitative estimate of drug-likeness (QED) is 0.427. The summed E-state index contributed by atoms with van der Waals surface area (Å²) >= 11 is 9.11. The van der Waals surface area contributed by atoms with Gasteiger partial charge in [-0.15, -0.1) is 11.3 Å². The maximum absolute atomic E-state index is 6.02. The van der Waals surface area contributed by atoms with Crippen LogP contribution in [0.1, 0.15) is 4.88 Å². The highest BCUT2D eigenvalue weighted by Gasteiger charge is 2.13. The Labute approximate surface area is 133 Å². The van der Waals surface area contributed by atoms with Crippen LogP contribution in [-0.4, -0.2) is 19.9 Å². The smallest absolute Gasteiger partial charge is 0.224 e. The van der Waals surface area contributed by atoms with Gasteiger partial charge in [0.05, 0.1) is 11.0 Å². The molecule has 3 aromatic heterocycles. The van der Waals surface area contributed by atoms with E-state index in [0.717, 1.165) is 31.4 Å². The van der Waals surface area contributed by atoms with Crippen LogP contribution in [0, 0.1) is 6.92 Å². The lowest BCUT2D eigenvalue weighted by atomic mass is 10.3. The molecular formula is C14H9ClN4S2. The number of para-hydroxylation sites is 2. The standard InChI is InChI=1S/C14H9ClN4S2/c1-7-6-8-11(20-7)18-13(15)19-12(8)21-14-16-9-4-2-3-5-10(9)17-14/h2-6H,1H3,(H,16,17). The molecule has 0 saturated carbocycles. The van der Waals surface area contributed by atoms with Gasteiger partial charge in [0.25, 0.3) is 0 Å². The van der Waals surface area contributed by atoms with Crippen molar-refractivity contribution in [3.8, 4) is 0 Å². The Kier molecular flexibility index (Phi) is 3.10. The lowest BCUT2D eigenvalue weighted by molar-refractivity contribution is 1.05. The molecule has 0 bridgehead atoms. The van der Waals surface area contributed by atoms with Crippen molar-refractivity contribution in [2.24, 2.45) is 0 Å². The maximum atomic E-state index is 6.02. The predicted octanol–water partition coefficient (Wildman–Crippen LogP) is 4.68. The molecule has 4 nitrogen and oxygen atoms in total. The Bertz CT molecular complexity index is 927. The highest BCUT2D eigenvalue weighted by Crippen LogP contribution is 2.35. The van der Waals surface area contributed by atoms with Gasteiger partial charge in [-0.05, 0) is 48.5 Å². The molecule has 4 aromatic rings. The van der Waals surface area contributed by atoms with E-state index >= 15 is 0 Å². The van der Waals surface area contributed by atoms with Gasteiger partial charge in [0.2, 0.25) is 5.28 Å². The van der Waals surface area contributed by atoms with Gasteiger partial charge < -0.3 is 4.98 Å². The molecular weight excluding hydrogens is 324 g/mol. The van der Waals surface area contributed by atoms with E-state index in [1.54, 1.807) is 11.3 Å². The van der Waals surface area contributed by atoms with Crippen molar-refractivity contribution in [3.63, 3.8) is 0 Å². The Morgan fingerprint density at radius 1 is 1.19 bits per heavy atom. The molecule has 3 heterocycles. The Balaban J connectivity index is 1.82. The van der Waals surface area contributed by atoms with Crippen molar-refractivity contribution in [2.75, 3.05) is 0 Å². The molecule has 0 spiro atoms. The fraction of sp³-hybridized carbons (Fsp3) is 0.0714. The molecule has 4 rings (SSSR count). The van der Waals surface area contributed by atoms with Crippen LogP contribution in [0.5, 0.6) is 0 Å². The van der Waals surface area contributed by atoms with Crippen molar-refractivity contribution in [1.82, 2.24) is 19.9 Å². The summed E-state index contributed by atoms with van der Waals surface area (Å²) in [6, 6.07) is 10.0. The van der Waals surface area contributed by atoms with Crippen molar-refractivity contribution < 1.29 is 0 Å². The summed E-state index contributed by atoms with van der Waals surface area (Å²) < 4.78 is 0. The van der Waals surface area contributed by atoms with Gasteiger partial charge in [0, 0.05) is 10.3 Å². The summed E-state index contributed by atoms with van der Waals surface area (Å²) in [7, 11) is 0. The van der Waals surface area contributed by atoms with Crippen LogP contribution in [-0.2, 0) is 0 Å². The molecule has 0 amide bonds. The number of thiophene rings is 1. The van der Waals surface area contributed by atoms with E-state index in [4.69, 9.17) is 11.6 Å².